The molecule has 2 aromatic rings. The van der Waals surface area contributed by atoms with Crippen molar-refractivity contribution in [1.82, 2.24) is 0 Å². The molecular formula is C23H22F3NO2S. The van der Waals surface area contributed by atoms with Crippen molar-refractivity contribution in [2.75, 3.05) is 10.8 Å². The molecule has 1 aliphatic heterocycles. The lowest BCUT2D eigenvalue weighted by Crippen LogP contribution is -2.42. The molecule has 0 N–H and O–H groups in total. The molecule has 0 amide bonds. The predicted octanol–water partition coefficient (Wildman–Crippen LogP) is 6.05. The first kappa shape index (κ1) is 20.7. The number of benzene rings is 2. The minimum atomic E-state index is -5.55. The van der Waals surface area contributed by atoms with Crippen LogP contribution in [0, 0.1) is 0 Å². The Morgan fingerprint density at radius 3 is 2.13 bits per heavy atom. The summed E-state index contributed by atoms with van der Waals surface area (Å²) in [7, 11) is -5.55. The van der Waals surface area contributed by atoms with E-state index in [9.17, 15) is 21.6 Å². The zero-order chi connectivity index (χ0) is 21.4. The van der Waals surface area contributed by atoms with Crippen molar-refractivity contribution >= 4 is 21.3 Å². The van der Waals surface area contributed by atoms with Crippen molar-refractivity contribution in [3.63, 3.8) is 0 Å². The van der Waals surface area contributed by atoms with Gasteiger partial charge in [0.15, 0.2) is 0 Å². The smallest absolute Gasteiger partial charge is 0.258 e. The molecule has 1 fully saturated rings. The fraction of sp³-hybridized carbons (Fsp3) is 0.304. The Hall–Kier alpha value is -2.54. The lowest BCUT2D eigenvalue weighted by atomic mass is 9.89. The molecule has 158 valence electrons. The van der Waals surface area contributed by atoms with Gasteiger partial charge in [-0.05, 0) is 54.5 Å². The summed E-state index contributed by atoms with van der Waals surface area (Å²) in [6, 6.07) is 15.8. The predicted molar refractivity (Wildman–Crippen MR) is 112 cm³/mol. The molecule has 1 saturated carbocycles. The number of hydrogen-bond donors (Lipinski definition) is 0. The van der Waals surface area contributed by atoms with Gasteiger partial charge in [0.2, 0.25) is 0 Å². The summed E-state index contributed by atoms with van der Waals surface area (Å²) in [6.45, 7) is -0.315. The van der Waals surface area contributed by atoms with Crippen LogP contribution >= 0.6 is 0 Å². The van der Waals surface area contributed by atoms with Crippen molar-refractivity contribution < 1.29 is 21.6 Å². The van der Waals surface area contributed by atoms with Crippen molar-refractivity contribution in [3.05, 3.63) is 82.9 Å². The molecule has 0 bridgehead atoms. The Kier molecular flexibility index (Phi) is 5.49. The Morgan fingerprint density at radius 2 is 1.47 bits per heavy atom. The number of fused-ring (bicyclic) bond motifs is 1. The first-order chi connectivity index (χ1) is 14.3. The van der Waals surface area contributed by atoms with Crippen LogP contribution in [0.25, 0.3) is 5.57 Å². The molecule has 0 saturated heterocycles. The highest BCUT2D eigenvalue weighted by Crippen LogP contribution is 2.42. The Morgan fingerprint density at radius 1 is 0.833 bits per heavy atom. The van der Waals surface area contributed by atoms with Gasteiger partial charge in [0.25, 0.3) is 0 Å². The highest BCUT2D eigenvalue weighted by molar-refractivity contribution is 7.93. The van der Waals surface area contributed by atoms with Gasteiger partial charge in [0, 0.05) is 5.56 Å². The first-order valence-corrected chi connectivity index (χ1v) is 11.4. The standard InChI is InChI=1S/C23H22F3NO2S/c24-23(25,26)30(28,29)27-16-19(17-9-3-1-4-10-17)15-21(18-11-5-2-6-12-18)20-13-7-8-14-22(20)27/h2,5-8,11-15H,1,3-4,9-10,16H2. The number of hydrogen-bond acceptors (Lipinski definition) is 2. The highest BCUT2D eigenvalue weighted by Gasteiger charge is 2.51. The largest absolute Gasteiger partial charge is 0.516 e. The first-order valence-electron chi connectivity index (χ1n) is 9.95. The molecule has 1 heterocycles. The van der Waals surface area contributed by atoms with Crippen LogP contribution in [0.5, 0.6) is 0 Å². The number of para-hydroxylation sites is 1. The van der Waals surface area contributed by atoms with Gasteiger partial charge < -0.3 is 0 Å². The van der Waals surface area contributed by atoms with E-state index in [1.54, 1.807) is 18.2 Å². The molecule has 30 heavy (non-hydrogen) atoms. The summed E-state index contributed by atoms with van der Waals surface area (Å²) >= 11 is 0. The summed E-state index contributed by atoms with van der Waals surface area (Å²) < 4.78 is 66.3. The van der Waals surface area contributed by atoms with Crippen LogP contribution in [0.1, 0.15) is 43.2 Å². The van der Waals surface area contributed by atoms with E-state index >= 15 is 0 Å². The van der Waals surface area contributed by atoms with Gasteiger partial charge in [-0.25, -0.2) is 0 Å². The van der Waals surface area contributed by atoms with Crippen molar-refractivity contribution in [3.8, 4) is 0 Å². The summed E-state index contributed by atoms with van der Waals surface area (Å²) in [5.41, 5.74) is -1.56. The second kappa shape index (κ2) is 7.95. The summed E-state index contributed by atoms with van der Waals surface area (Å²) in [4.78, 5) is 0. The quantitative estimate of drug-likeness (QED) is 0.578. The minimum Gasteiger partial charge on any atom is -0.258 e. The Labute approximate surface area is 174 Å². The molecule has 7 heteroatoms. The number of rotatable bonds is 2. The van der Waals surface area contributed by atoms with Crippen LogP contribution in [-0.2, 0) is 10.0 Å². The molecule has 4 rings (SSSR count). The zero-order valence-electron chi connectivity index (χ0n) is 16.3. The molecule has 0 aromatic heterocycles. The van der Waals surface area contributed by atoms with Gasteiger partial charge in [-0.15, -0.1) is 0 Å². The maximum Gasteiger partial charge on any atom is 0.516 e. The molecule has 2 aliphatic rings. The lowest BCUT2D eigenvalue weighted by molar-refractivity contribution is -0.0437. The third-order valence-corrected chi connectivity index (χ3v) is 7.17. The topological polar surface area (TPSA) is 37.4 Å². The molecule has 0 radical (unpaired) electrons. The van der Waals surface area contributed by atoms with E-state index in [1.165, 1.54) is 6.07 Å². The molecule has 1 aliphatic carbocycles. The fourth-order valence-corrected chi connectivity index (χ4v) is 5.14. The number of sulfonamides is 1. The van der Waals surface area contributed by atoms with Crippen LogP contribution in [0.2, 0.25) is 0 Å². The van der Waals surface area contributed by atoms with Crippen LogP contribution in [0.4, 0.5) is 18.9 Å². The Balaban J connectivity index is 1.98. The number of anilines is 1. The fourth-order valence-electron chi connectivity index (χ4n) is 4.17. The Bertz CT molecular complexity index is 1090. The average Bonchev–Trinajstić information content (AvgIpc) is 2.92. The van der Waals surface area contributed by atoms with Gasteiger partial charge in [0.1, 0.15) is 0 Å². The molecule has 0 spiro atoms. The van der Waals surface area contributed by atoms with E-state index in [0.717, 1.165) is 48.8 Å². The zero-order valence-corrected chi connectivity index (χ0v) is 17.1. The molecule has 3 nitrogen and oxygen atoms in total. The van der Waals surface area contributed by atoms with Crippen LogP contribution in [0.3, 0.4) is 0 Å². The number of nitrogens with zero attached hydrogens (tertiary/aromatic N) is 1. The molecule has 0 atom stereocenters. The van der Waals surface area contributed by atoms with E-state index in [2.05, 4.69) is 0 Å². The normalized spacial score (nSPS) is 18.0. The number of allylic oxidation sites excluding steroid dienone is 1. The van der Waals surface area contributed by atoms with Crippen molar-refractivity contribution in [2.24, 2.45) is 0 Å². The van der Waals surface area contributed by atoms with Crippen molar-refractivity contribution in [1.29, 1.82) is 0 Å². The average molecular weight is 433 g/mol. The van der Waals surface area contributed by atoms with E-state index in [0.29, 0.717) is 15.4 Å². The third-order valence-electron chi connectivity index (χ3n) is 5.67. The van der Waals surface area contributed by atoms with Gasteiger partial charge in [-0.3, -0.25) is 4.31 Å². The highest BCUT2D eigenvalue weighted by atomic mass is 32.2. The van der Waals surface area contributed by atoms with Gasteiger partial charge >= 0.3 is 15.5 Å². The monoisotopic (exact) mass is 433 g/mol. The third kappa shape index (κ3) is 3.78. The van der Waals surface area contributed by atoms with Crippen molar-refractivity contribution in [2.45, 2.75) is 37.6 Å². The summed E-state index contributed by atoms with van der Waals surface area (Å²) in [5.74, 6) is 0. The van der Waals surface area contributed by atoms with Crippen LogP contribution < -0.4 is 4.31 Å². The van der Waals surface area contributed by atoms with E-state index in [1.807, 2.05) is 36.4 Å². The van der Waals surface area contributed by atoms with Gasteiger partial charge in [-0.1, -0.05) is 60.5 Å². The van der Waals surface area contributed by atoms with Crippen LogP contribution in [-0.4, -0.2) is 20.5 Å². The maximum absolute atomic E-state index is 13.6. The number of halogens is 3. The second-order valence-electron chi connectivity index (χ2n) is 7.59. The minimum absolute atomic E-state index is 0.0522. The molecule has 0 unspecified atom stereocenters. The molecule has 2 aromatic carbocycles. The number of alkyl halides is 3. The summed E-state index contributed by atoms with van der Waals surface area (Å²) in [5, 5.41) is 0. The maximum atomic E-state index is 13.6. The molecular weight excluding hydrogens is 411 g/mol. The van der Waals surface area contributed by atoms with Gasteiger partial charge in [0.05, 0.1) is 12.2 Å². The summed E-state index contributed by atoms with van der Waals surface area (Å²) in [6.07, 6.45) is 6.46. The van der Waals surface area contributed by atoms with E-state index < -0.39 is 15.5 Å². The van der Waals surface area contributed by atoms with E-state index in [4.69, 9.17) is 0 Å². The second-order valence-corrected chi connectivity index (χ2v) is 9.44. The van der Waals surface area contributed by atoms with Crippen LogP contribution in [0.15, 0.2) is 71.8 Å². The lowest BCUT2D eigenvalue weighted by Gasteiger charge is -2.27. The van der Waals surface area contributed by atoms with E-state index in [-0.39, 0.29) is 12.2 Å². The SMILES string of the molecule is O=S(=O)(N1CC(=C2CCCCC2)C=C(c2ccccc2)c2ccccc21)C(F)(F)F. The van der Waals surface area contributed by atoms with Gasteiger partial charge in [-0.2, -0.15) is 21.6 Å².